The van der Waals surface area contributed by atoms with Gasteiger partial charge in [-0.15, -0.1) is 0 Å². The number of morpholine rings is 1. The second-order valence-corrected chi connectivity index (χ2v) is 8.11. The number of halogens is 4. The van der Waals surface area contributed by atoms with Gasteiger partial charge >= 0.3 is 6.18 Å². The predicted molar refractivity (Wildman–Crippen MR) is 116 cm³/mol. The summed E-state index contributed by atoms with van der Waals surface area (Å²) in [5, 5.41) is 0.676. The van der Waals surface area contributed by atoms with Crippen molar-refractivity contribution in [3.05, 3.63) is 70.2 Å². The molecule has 1 heterocycles. The maximum atomic E-state index is 13.1. The van der Waals surface area contributed by atoms with E-state index in [9.17, 15) is 18.0 Å². The summed E-state index contributed by atoms with van der Waals surface area (Å²) in [4.78, 5) is 16.7. The van der Waals surface area contributed by atoms with Crippen LogP contribution in [0.5, 0.6) is 0 Å². The van der Waals surface area contributed by atoms with Crippen LogP contribution in [-0.2, 0) is 22.2 Å². The number of ether oxygens (including phenoxy) is 2. The highest BCUT2D eigenvalue weighted by molar-refractivity contribution is 6.30. The van der Waals surface area contributed by atoms with E-state index in [1.54, 1.807) is 0 Å². The quantitative estimate of drug-likeness (QED) is 0.575. The second-order valence-electron chi connectivity index (χ2n) is 7.68. The Labute approximate surface area is 190 Å². The monoisotopic (exact) mass is 470 g/mol. The van der Waals surface area contributed by atoms with Crippen LogP contribution in [0.4, 0.5) is 13.2 Å². The van der Waals surface area contributed by atoms with E-state index in [4.69, 9.17) is 21.1 Å². The molecular formula is C23H26ClF3N2O3. The van der Waals surface area contributed by atoms with E-state index in [0.29, 0.717) is 18.2 Å². The molecule has 32 heavy (non-hydrogen) atoms. The number of alkyl halides is 3. The van der Waals surface area contributed by atoms with Gasteiger partial charge < -0.3 is 14.4 Å². The number of benzene rings is 2. The summed E-state index contributed by atoms with van der Waals surface area (Å²) < 4.78 is 50.2. The molecule has 0 aromatic heterocycles. The van der Waals surface area contributed by atoms with Crippen LogP contribution in [0.3, 0.4) is 0 Å². The van der Waals surface area contributed by atoms with Crippen molar-refractivity contribution in [2.45, 2.75) is 18.8 Å². The van der Waals surface area contributed by atoms with E-state index in [1.807, 2.05) is 24.3 Å². The lowest BCUT2D eigenvalue weighted by molar-refractivity contribution is -0.137. The third kappa shape index (κ3) is 6.93. The Morgan fingerprint density at radius 2 is 2.00 bits per heavy atom. The normalized spacial score (nSPS) is 17.3. The first kappa shape index (κ1) is 24.5. The topological polar surface area (TPSA) is 42.0 Å². The molecular weight excluding hydrogens is 445 g/mol. The van der Waals surface area contributed by atoms with Crippen molar-refractivity contribution >= 4 is 17.5 Å². The molecule has 1 unspecified atom stereocenters. The molecule has 0 N–H and O–H groups in total. The van der Waals surface area contributed by atoms with Crippen molar-refractivity contribution in [3.63, 3.8) is 0 Å². The first-order valence-corrected chi connectivity index (χ1v) is 10.7. The SMILES string of the molecule is COCCN(CC1CN(Cc2ccc(Cl)cc2)CCO1)C(=O)c1cccc(C(F)(F)F)c1. The Hall–Kier alpha value is -2.13. The molecule has 0 saturated carbocycles. The molecule has 1 amide bonds. The summed E-state index contributed by atoms with van der Waals surface area (Å²) in [5.74, 6) is -0.480. The van der Waals surface area contributed by atoms with E-state index in [2.05, 4.69) is 4.90 Å². The molecule has 0 bridgehead atoms. The van der Waals surface area contributed by atoms with Crippen molar-refractivity contribution in [3.8, 4) is 0 Å². The highest BCUT2D eigenvalue weighted by Gasteiger charge is 2.32. The molecule has 1 aliphatic heterocycles. The summed E-state index contributed by atoms with van der Waals surface area (Å²) in [6.07, 6.45) is -4.77. The third-order valence-electron chi connectivity index (χ3n) is 5.26. The highest BCUT2D eigenvalue weighted by atomic mass is 35.5. The molecule has 1 aliphatic rings. The first-order chi connectivity index (χ1) is 15.3. The lowest BCUT2D eigenvalue weighted by Crippen LogP contribution is -2.49. The van der Waals surface area contributed by atoms with Crippen molar-refractivity contribution in [2.75, 3.05) is 46.5 Å². The Kier molecular flexibility index (Phi) is 8.53. The first-order valence-electron chi connectivity index (χ1n) is 10.3. The fraction of sp³-hybridized carbons (Fsp3) is 0.435. The molecule has 5 nitrogen and oxygen atoms in total. The van der Waals surface area contributed by atoms with Gasteiger partial charge in [0, 0.05) is 50.4 Å². The number of carbonyl (C=O) groups is 1. The molecule has 0 radical (unpaired) electrons. The second kappa shape index (κ2) is 11.1. The van der Waals surface area contributed by atoms with Gasteiger partial charge in [-0.3, -0.25) is 9.69 Å². The number of hydrogen-bond acceptors (Lipinski definition) is 4. The molecule has 0 aliphatic carbocycles. The summed E-state index contributed by atoms with van der Waals surface area (Å²) >= 11 is 5.95. The van der Waals surface area contributed by atoms with Gasteiger partial charge in [-0.2, -0.15) is 13.2 Å². The third-order valence-corrected chi connectivity index (χ3v) is 5.51. The lowest BCUT2D eigenvalue weighted by atomic mass is 10.1. The summed E-state index contributed by atoms with van der Waals surface area (Å²) in [6.45, 7) is 3.36. The van der Waals surface area contributed by atoms with Gasteiger partial charge in [-0.05, 0) is 35.9 Å². The van der Waals surface area contributed by atoms with Gasteiger partial charge in [-0.25, -0.2) is 0 Å². The Morgan fingerprint density at radius 1 is 1.25 bits per heavy atom. The molecule has 9 heteroatoms. The average Bonchev–Trinajstić information content (AvgIpc) is 2.77. The average molecular weight is 471 g/mol. The van der Waals surface area contributed by atoms with Crippen LogP contribution in [-0.4, -0.2) is 68.3 Å². The van der Waals surface area contributed by atoms with Gasteiger partial charge in [0.15, 0.2) is 0 Å². The van der Waals surface area contributed by atoms with Gasteiger partial charge in [0.05, 0.1) is 24.9 Å². The van der Waals surface area contributed by atoms with E-state index < -0.39 is 17.6 Å². The van der Waals surface area contributed by atoms with Gasteiger partial charge in [0.1, 0.15) is 0 Å². The molecule has 1 saturated heterocycles. The maximum absolute atomic E-state index is 13.1. The van der Waals surface area contributed by atoms with Crippen LogP contribution in [0.2, 0.25) is 5.02 Å². The predicted octanol–water partition coefficient (Wildman–Crippen LogP) is 4.35. The summed E-state index contributed by atoms with van der Waals surface area (Å²) in [6, 6.07) is 12.1. The van der Waals surface area contributed by atoms with Gasteiger partial charge in [-0.1, -0.05) is 29.8 Å². The molecule has 174 valence electrons. The van der Waals surface area contributed by atoms with Crippen molar-refractivity contribution < 1.29 is 27.4 Å². The number of amides is 1. The fourth-order valence-corrected chi connectivity index (χ4v) is 3.74. The molecule has 2 aromatic rings. The van der Waals surface area contributed by atoms with Crippen LogP contribution in [0.25, 0.3) is 0 Å². The van der Waals surface area contributed by atoms with Crippen molar-refractivity contribution in [1.29, 1.82) is 0 Å². The molecule has 1 atom stereocenters. The van der Waals surface area contributed by atoms with E-state index in [0.717, 1.165) is 30.8 Å². The minimum Gasteiger partial charge on any atom is -0.383 e. The van der Waals surface area contributed by atoms with Gasteiger partial charge in [0.2, 0.25) is 0 Å². The van der Waals surface area contributed by atoms with E-state index >= 15 is 0 Å². The highest BCUT2D eigenvalue weighted by Crippen LogP contribution is 2.29. The number of nitrogens with zero attached hydrogens (tertiary/aromatic N) is 2. The smallest absolute Gasteiger partial charge is 0.383 e. The molecule has 1 fully saturated rings. The minimum absolute atomic E-state index is 0.00948. The number of methoxy groups -OCH3 is 1. The van der Waals surface area contributed by atoms with E-state index in [1.165, 1.54) is 24.1 Å². The number of rotatable bonds is 8. The van der Waals surface area contributed by atoms with Crippen LogP contribution in [0.1, 0.15) is 21.5 Å². The molecule has 0 spiro atoms. The number of hydrogen-bond donors (Lipinski definition) is 0. The van der Waals surface area contributed by atoms with Gasteiger partial charge in [0.25, 0.3) is 5.91 Å². The van der Waals surface area contributed by atoms with Crippen LogP contribution >= 0.6 is 11.6 Å². The van der Waals surface area contributed by atoms with Crippen LogP contribution < -0.4 is 0 Å². The zero-order chi connectivity index (χ0) is 23.1. The Balaban J connectivity index is 1.68. The minimum atomic E-state index is -4.51. The maximum Gasteiger partial charge on any atom is 0.416 e. The molecule has 2 aromatic carbocycles. The Bertz CT molecular complexity index is 893. The fourth-order valence-electron chi connectivity index (χ4n) is 3.62. The van der Waals surface area contributed by atoms with Crippen molar-refractivity contribution in [2.24, 2.45) is 0 Å². The summed E-state index contributed by atoms with van der Waals surface area (Å²) in [7, 11) is 1.51. The summed E-state index contributed by atoms with van der Waals surface area (Å²) in [5.41, 5.74) is 0.259. The largest absolute Gasteiger partial charge is 0.416 e. The Morgan fingerprint density at radius 3 is 2.69 bits per heavy atom. The lowest BCUT2D eigenvalue weighted by Gasteiger charge is -2.36. The van der Waals surface area contributed by atoms with E-state index in [-0.39, 0.29) is 31.4 Å². The zero-order valence-corrected chi connectivity index (χ0v) is 18.5. The number of carbonyl (C=O) groups excluding carboxylic acids is 1. The van der Waals surface area contributed by atoms with Crippen molar-refractivity contribution in [1.82, 2.24) is 9.80 Å². The zero-order valence-electron chi connectivity index (χ0n) is 17.8. The van der Waals surface area contributed by atoms with Crippen LogP contribution in [0, 0.1) is 0 Å². The molecule has 3 rings (SSSR count). The van der Waals surface area contributed by atoms with Crippen LogP contribution in [0.15, 0.2) is 48.5 Å². The standard InChI is InChI=1S/C23H26ClF3N2O3/c1-31-11-10-29(22(30)18-3-2-4-19(13-18)23(25,26)27)16-21-15-28(9-12-32-21)14-17-5-7-20(24)8-6-17/h2-8,13,21H,9-12,14-16H2,1H3.